The molecule has 7 nitrogen and oxygen atoms in total. The average Bonchev–Trinajstić information content (AvgIpc) is 2.76. The van der Waals surface area contributed by atoms with E-state index in [2.05, 4.69) is 43.9 Å². The lowest BCUT2D eigenvalue weighted by atomic mass is 10.2. The van der Waals surface area contributed by atoms with Gasteiger partial charge < -0.3 is 15.5 Å². The number of nitrogens with zero attached hydrogens (tertiary/aromatic N) is 5. The number of H-pyrrole nitrogens is 1. The van der Waals surface area contributed by atoms with Crippen LogP contribution in [0.2, 0.25) is 0 Å². The summed E-state index contributed by atoms with van der Waals surface area (Å²) in [4.78, 5) is 13.1. The number of aromatic amines is 1. The third-order valence-corrected chi connectivity index (χ3v) is 3.41. The van der Waals surface area contributed by atoms with E-state index in [1.54, 1.807) is 6.20 Å². The van der Waals surface area contributed by atoms with Gasteiger partial charge in [-0.1, -0.05) is 0 Å². The van der Waals surface area contributed by atoms with Crippen molar-refractivity contribution in [2.75, 3.05) is 37.3 Å². The normalized spacial score (nSPS) is 21.7. The van der Waals surface area contributed by atoms with Crippen molar-refractivity contribution in [1.29, 1.82) is 0 Å². The van der Waals surface area contributed by atoms with Gasteiger partial charge in [-0.15, -0.1) is 0 Å². The molecule has 0 bridgehead atoms. The first-order chi connectivity index (χ1) is 8.65. The predicted octanol–water partition coefficient (Wildman–Crippen LogP) is 0.0754. The van der Waals surface area contributed by atoms with E-state index in [0.717, 1.165) is 30.8 Å². The number of nitrogens with one attached hydrogen (secondary N) is 1. The highest BCUT2D eigenvalue weighted by Gasteiger charge is 2.25. The zero-order valence-corrected chi connectivity index (χ0v) is 10.6. The molecule has 3 rings (SSSR count). The maximum absolute atomic E-state index is 5.76. The minimum absolute atomic E-state index is 0.285. The minimum Gasteiger partial charge on any atom is -0.368 e. The fourth-order valence-electron chi connectivity index (χ4n) is 2.51. The number of rotatable bonds is 1. The Hall–Kier alpha value is -1.89. The Bertz CT molecular complexity index is 564. The maximum atomic E-state index is 5.76. The van der Waals surface area contributed by atoms with Gasteiger partial charge in [0.2, 0.25) is 5.95 Å². The monoisotopic (exact) mass is 247 g/mol. The van der Waals surface area contributed by atoms with E-state index in [9.17, 15) is 0 Å². The average molecular weight is 247 g/mol. The number of nitrogens with two attached hydrogens (primary N) is 1. The van der Waals surface area contributed by atoms with Crippen LogP contribution < -0.4 is 10.6 Å². The van der Waals surface area contributed by atoms with Gasteiger partial charge in [0.15, 0.2) is 5.65 Å². The summed E-state index contributed by atoms with van der Waals surface area (Å²) in [7, 11) is 2.13. The Balaban J connectivity index is 2.05. The Kier molecular flexibility index (Phi) is 2.55. The van der Waals surface area contributed by atoms with Crippen LogP contribution in [-0.2, 0) is 0 Å². The molecule has 0 aliphatic carbocycles. The van der Waals surface area contributed by atoms with Crippen LogP contribution in [0.5, 0.6) is 0 Å². The molecule has 2 aromatic rings. The van der Waals surface area contributed by atoms with Crippen molar-refractivity contribution in [3.63, 3.8) is 0 Å². The summed E-state index contributed by atoms with van der Waals surface area (Å²) in [5.41, 5.74) is 6.45. The Morgan fingerprint density at radius 2 is 2.22 bits per heavy atom. The summed E-state index contributed by atoms with van der Waals surface area (Å²) >= 11 is 0. The minimum atomic E-state index is 0.285. The Morgan fingerprint density at radius 1 is 1.39 bits per heavy atom. The van der Waals surface area contributed by atoms with Gasteiger partial charge >= 0.3 is 0 Å². The second-order valence-electron chi connectivity index (χ2n) is 4.84. The van der Waals surface area contributed by atoms with Gasteiger partial charge in [-0.05, 0) is 14.0 Å². The molecule has 1 fully saturated rings. The first-order valence-electron chi connectivity index (χ1n) is 6.07. The van der Waals surface area contributed by atoms with Crippen LogP contribution in [0.1, 0.15) is 6.92 Å². The highest BCUT2D eigenvalue weighted by atomic mass is 15.3. The molecule has 96 valence electrons. The highest BCUT2D eigenvalue weighted by Crippen LogP contribution is 2.26. The summed E-state index contributed by atoms with van der Waals surface area (Å²) in [6.45, 7) is 5.17. The summed E-state index contributed by atoms with van der Waals surface area (Å²) in [5.74, 6) is 1.17. The third kappa shape index (κ3) is 1.76. The fraction of sp³-hybridized carbons (Fsp3) is 0.545. The van der Waals surface area contributed by atoms with Crippen LogP contribution in [0, 0.1) is 0 Å². The largest absolute Gasteiger partial charge is 0.368 e. The second-order valence-corrected chi connectivity index (χ2v) is 4.84. The molecule has 2 aromatic heterocycles. The molecular formula is C11H17N7. The van der Waals surface area contributed by atoms with Gasteiger partial charge in [0.25, 0.3) is 0 Å². The van der Waals surface area contributed by atoms with Gasteiger partial charge in [-0.2, -0.15) is 15.1 Å². The SMILES string of the molecule is CC1CN(C)CCN1c1nc(N)nc2[nH]ncc12. The molecule has 1 saturated heterocycles. The number of anilines is 2. The fourth-order valence-corrected chi connectivity index (χ4v) is 2.51. The number of likely N-dealkylation sites (N-methyl/N-ethyl adjacent to an activating group) is 1. The van der Waals surface area contributed by atoms with Crippen molar-refractivity contribution >= 4 is 22.8 Å². The van der Waals surface area contributed by atoms with E-state index in [-0.39, 0.29) is 5.95 Å². The highest BCUT2D eigenvalue weighted by molar-refractivity contribution is 5.87. The molecule has 0 amide bonds. The lowest BCUT2D eigenvalue weighted by Crippen LogP contribution is -2.50. The van der Waals surface area contributed by atoms with Gasteiger partial charge in [-0.3, -0.25) is 5.10 Å². The molecule has 3 N–H and O–H groups in total. The lowest BCUT2D eigenvalue weighted by Gasteiger charge is -2.39. The first-order valence-corrected chi connectivity index (χ1v) is 6.07. The van der Waals surface area contributed by atoms with Crippen molar-refractivity contribution in [3.05, 3.63) is 6.20 Å². The van der Waals surface area contributed by atoms with Crippen molar-refractivity contribution < 1.29 is 0 Å². The van der Waals surface area contributed by atoms with E-state index in [1.165, 1.54) is 0 Å². The van der Waals surface area contributed by atoms with Crippen LogP contribution in [0.4, 0.5) is 11.8 Å². The molecule has 1 aliphatic heterocycles. The van der Waals surface area contributed by atoms with Crippen LogP contribution in [0.15, 0.2) is 6.20 Å². The molecule has 7 heteroatoms. The van der Waals surface area contributed by atoms with E-state index >= 15 is 0 Å². The maximum Gasteiger partial charge on any atom is 0.224 e. The zero-order valence-electron chi connectivity index (χ0n) is 10.6. The Morgan fingerprint density at radius 3 is 3.00 bits per heavy atom. The van der Waals surface area contributed by atoms with Gasteiger partial charge in [-0.25, -0.2) is 0 Å². The molecule has 0 radical (unpaired) electrons. The molecule has 3 heterocycles. The summed E-state index contributed by atoms with van der Waals surface area (Å²) < 4.78 is 0. The number of aromatic nitrogens is 4. The van der Waals surface area contributed by atoms with Gasteiger partial charge in [0.1, 0.15) is 5.82 Å². The number of piperazine rings is 1. The smallest absolute Gasteiger partial charge is 0.224 e. The standard InChI is InChI=1S/C11H17N7/c1-7-6-17(2)3-4-18(7)10-8-5-13-16-9(8)14-11(12)15-10/h5,7H,3-4,6H2,1-2H3,(H3,12,13,14,15,16). The van der Waals surface area contributed by atoms with Crippen molar-refractivity contribution in [3.8, 4) is 0 Å². The molecular weight excluding hydrogens is 230 g/mol. The van der Waals surface area contributed by atoms with E-state index in [4.69, 9.17) is 5.73 Å². The molecule has 18 heavy (non-hydrogen) atoms. The first kappa shape index (κ1) is 11.2. The van der Waals surface area contributed by atoms with E-state index in [0.29, 0.717) is 11.7 Å². The number of nitrogen functional groups attached to an aromatic ring is 1. The van der Waals surface area contributed by atoms with Crippen molar-refractivity contribution in [2.45, 2.75) is 13.0 Å². The molecule has 1 aliphatic rings. The third-order valence-electron chi connectivity index (χ3n) is 3.41. The summed E-state index contributed by atoms with van der Waals surface area (Å²) in [6.07, 6.45) is 1.76. The quantitative estimate of drug-likeness (QED) is 0.742. The number of hydrogen-bond acceptors (Lipinski definition) is 6. The van der Waals surface area contributed by atoms with E-state index in [1.807, 2.05) is 0 Å². The van der Waals surface area contributed by atoms with Crippen LogP contribution in [0.3, 0.4) is 0 Å². The molecule has 0 aromatic carbocycles. The van der Waals surface area contributed by atoms with Gasteiger partial charge in [0.05, 0.1) is 11.6 Å². The Labute approximate surface area is 105 Å². The second kappa shape index (κ2) is 4.09. The summed E-state index contributed by atoms with van der Waals surface area (Å²) in [5, 5.41) is 7.79. The number of hydrogen-bond donors (Lipinski definition) is 2. The predicted molar refractivity (Wildman–Crippen MR) is 70.4 cm³/mol. The number of fused-ring (bicyclic) bond motifs is 1. The molecule has 0 spiro atoms. The van der Waals surface area contributed by atoms with Crippen molar-refractivity contribution in [1.82, 2.24) is 25.1 Å². The van der Waals surface area contributed by atoms with Crippen LogP contribution in [0.25, 0.3) is 11.0 Å². The summed E-state index contributed by atoms with van der Waals surface area (Å²) in [6, 6.07) is 0.399. The van der Waals surface area contributed by atoms with Crippen LogP contribution >= 0.6 is 0 Å². The molecule has 0 saturated carbocycles. The molecule has 1 atom stereocenters. The van der Waals surface area contributed by atoms with Crippen LogP contribution in [-0.4, -0.2) is 57.8 Å². The topological polar surface area (TPSA) is 87.0 Å². The molecule has 1 unspecified atom stereocenters. The van der Waals surface area contributed by atoms with Crippen molar-refractivity contribution in [2.24, 2.45) is 0 Å². The lowest BCUT2D eigenvalue weighted by molar-refractivity contribution is 0.275. The van der Waals surface area contributed by atoms with E-state index < -0.39 is 0 Å². The van der Waals surface area contributed by atoms with Gasteiger partial charge in [0, 0.05) is 25.7 Å². The zero-order chi connectivity index (χ0) is 12.7.